The number of hydrogen-bond acceptors (Lipinski definition) is 6. The monoisotopic (exact) mass is 1080 g/mol. The van der Waals surface area contributed by atoms with Gasteiger partial charge in [-0.25, -0.2) is 0 Å². The van der Waals surface area contributed by atoms with Crippen LogP contribution in [0.5, 0.6) is 0 Å². The minimum atomic E-state index is -0.766. The van der Waals surface area contributed by atoms with Gasteiger partial charge in [0.25, 0.3) is 0 Å². The molecule has 0 fully saturated rings. The van der Waals surface area contributed by atoms with Crippen molar-refractivity contribution in [1.82, 2.24) is 0 Å². The molecule has 0 aliphatic heterocycles. The summed E-state index contributed by atoms with van der Waals surface area (Å²) < 4.78 is 16.9. The molecule has 1 unspecified atom stereocenters. The fraction of sp³-hybridized carbons (Fsp3) is 0.817. The molecule has 0 bridgehead atoms. The molecule has 1 atom stereocenters. The average molecular weight is 1080 g/mol. The zero-order chi connectivity index (χ0) is 55.7. The Labute approximate surface area is 479 Å². The van der Waals surface area contributed by atoms with Crippen LogP contribution in [-0.4, -0.2) is 37.2 Å². The predicted molar refractivity (Wildman–Crippen MR) is 335 cm³/mol. The van der Waals surface area contributed by atoms with E-state index in [4.69, 9.17) is 14.2 Å². The molecule has 0 N–H and O–H groups in total. The number of hydrogen-bond donors (Lipinski definition) is 0. The van der Waals surface area contributed by atoms with Crippen LogP contribution < -0.4 is 0 Å². The zero-order valence-corrected chi connectivity index (χ0v) is 51.5. The molecule has 77 heavy (non-hydrogen) atoms. The van der Waals surface area contributed by atoms with Crippen molar-refractivity contribution >= 4 is 17.9 Å². The number of allylic oxidation sites excluding steroid dienone is 10. The molecule has 0 saturated heterocycles. The number of carbonyl (C=O) groups is 3. The maximum Gasteiger partial charge on any atom is 0.306 e. The molecular formula is C71H128O6. The number of carbonyl (C=O) groups excluding carboxylic acids is 3. The molecular weight excluding hydrogens is 949 g/mol. The first-order valence-electron chi connectivity index (χ1n) is 33.8. The second-order valence-corrected chi connectivity index (χ2v) is 22.7. The number of rotatable bonds is 62. The maximum atomic E-state index is 12.9. The first kappa shape index (κ1) is 74.1. The molecule has 0 aromatic rings. The first-order chi connectivity index (χ1) is 38.0. The summed E-state index contributed by atoms with van der Waals surface area (Å²) >= 11 is 0. The fourth-order valence-electron chi connectivity index (χ4n) is 10.0. The molecule has 0 aliphatic carbocycles. The van der Waals surface area contributed by atoms with E-state index < -0.39 is 6.10 Å². The Morgan fingerprint density at radius 2 is 0.506 bits per heavy atom. The van der Waals surface area contributed by atoms with Crippen molar-refractivity contribution in [3.8, 4) is 0 Å². The molecule has 0 rings (SSSR count). The molecule has 0 aliphatic rings. The highest BCUT2D eigenvalue weighted by atomic mass is 16.6. The van der Waals surface area contributed by atoms with Gasteiger partial charge in [-0.2, -0.15) is 0 Å². The van der Waals surface area contributed by atoms with E-state index in [9.17, 15) is 14.4 Å². The van der Waals surface area contributed by atoms with Crippen molar-refractivity contribution in [1.29, 1.82) is 0 Å². The van der Waals surface area contributed by atoms with E-state index in [0.717, 1.165) is 89.9 Å². The predicted octanol–water partition coefficient (Wildman–Crippen LogP) is 23.1. The SMILES string of the molecule is CC/C=C\C/C=C\C/C=C\C/C=C\C/C=C\CCCCCCCCCCCCCCCCCCCCCC(=O)OCC(COC(=O)CCCCCCCCCC)OC(=O)CCCCCCCCCCCCCCCCCC. The average Bonchev–Trinajstić information content (AvgIpc) is 3.43. The summed E-state index contributed by atoms with van der Waals surface area (Å²) in [4.78, 5) is 38.1. The summed E-state index contributed by atoms with van der Waals surface area (Å²) in [5.74, 6) is -0.848. The van der Waals surface area contributed by atoms with Crippen molar-refractivity contribution in [2.45, 2.75) is 361 Å². The van der Waals surface area contributed by atoms with Crippen molar-refractivity contribution < 1.29 is 28.6 Å². The molecule has 0 spiro atoms. The van der Waals surface area contributed by atoms with Crippen molar-refractivity contribution in [2.75, 3.05) is 13.2 Å². The second-order valence-electron chi connectivity index (χ2n) is 22.7. The van der Waals surface area contributed by atoms with Crippen LogP contribution in [0.3, 0.4) is 0 Å². The Morgan fingerprint density at radius 1 is 0.273 bits per heavy atom. The molecule has 0 aromatic heterocycles. The van der Waals surface area contributed by atoms with Crippen LogP contribution in [0.2, 0.25) is 0 Å². The summed E-state index contributed by atoms with van der Waals surface area (Å²) in [5, 5.41) is 0. The highest BCUT2D eigenvalue weighted by Crippen LogP contribution is 2.18. The lowest BCUT2D eigenvalue weighted by Crippen LogP contribution is -2.30. The van der Waals surface area contributed by atoms with E-state index >= 15 is 0 Å². The Kier molecular flexibility index (Phi) is 63.2. The van der Waals surface area contributed by atoms with Gasteiger partial charge in [0.2, 0.25) is 0 Å². The second kappa shape index (κ2) is 65.6. The quantitative estimate of drug-likeness (QED) is 0.0261. The van der Waals surface area contributed by atoms with Gasteiger partial charge in [-0.1, -0.05) is 332 Å². The summed E-state index contributed by atoms with van der Waals surface area (Å²) in [5.41, 5.74) is 0. The fourth-order valence-corrected chi connectivity index (χ4v) is 10.0. The third kappa shape index (κ3) is 63.8. The molecule has 448 valence electrons. The smallest absolute Gasteiger partial charge is 0.306 e. The molecule has 0 amide bonds. The van der Waals surface area contributed by atoms with Gasteiger partial charge in [-0.05, 0) is 64.2 Å². The topological polar surface area (TPSA) is 78.9 Å². The summed E-state index contributed by atoms with van der Waals surface area (Å²) in [6.45, 7) is 6.55. The van der Waals surface area contributed by atoms with Gasteiger partial charge in [0, 0.05) is 19.3 Å². The van der Waals surface area contributed by atoms with E-state index in [1.807, 2.05) is 0 Å². The maximum absolute atomic E-state index is 12.9. The van der Waals surface area contributed by atoms with E-state index in [1.165, 1.54) is 225 Å². The van der Waals surface area contributed by atoms with Crippen LogP contribution in [0.15, 0.2) is 60.8 Å². The third-order valence-electron chi connectivity index (χ3n) is 15.0. The van der Waals surface area contributed by atoms with Crippen LogP contribution in [0.25, 0.3) is 0 Å². The summed E-state index contributed by atoms with van der Waals surface area (Å²) in [7, 11) is 0. The number of ether oxygens (including phenoxy) is 3. The molecule has 6 nitrogen and oxygen atoms in total. The zero-order valence-electron chi connectivity index (χ0n) is 51.5. The highest BCUT2D eigenvalue weighted by molar-refractivity contribution is 5.71. The Morgan fingerprint density at radius 3 is 0.792 bits per heavy atom. The highest BCUT2D eigenvalue weighted by Gasteiger charge is 2.19. The molecule has 0 saturated carbocycles. The van der Waals surface area contributed by atoms with Gasteiger partial charge in [0.05, 0.1) is 0 Å². The van der Waals surface area contributed by atoms with Crippen LogP contribution in [0.4, 0.5) is 0 Å². The molecule has 0 aromatic carbocycles. The Hall–Kier alpha value is -2.89. The summed E-state index contributed by atoms with van der Waals surface area (Å²) in [6.07, 6.45) is 84.1. The van der Waals surface area contributed by atoms with Gasteiger partial charge in [0.1, 0.15) is 13.2 Å². The molecule has 6 heteroatoms. The Bertz CT molecular complexity index is 1380. The summed E-state index contributed by atoms with van der Waals surface area (Å²) in [6, 6.07) is 0. The minimum Gasteiger partial charge on any atom is -0.462 e. The minimum absolute atomic E-state index is 0.0666. The Balaban J connectivity index is 3.98. The van der Waals surface area contributed by atoms with Crippen molar-refractivity contribution in [2.24, 2.45) is 0 Å². The van der Waals surface area contributed by atoms with Gasteiger partial charge >= 0.3 is 17.9 Å². The lowest BCUT2D eigenvalue weighted by molar-refractivity contribution is -0.167. The first-order valence-corrected chi connectivity index (χ1v) is 33.8. The number of esters is 3. The van der Waals surface area contributed by atoms with Gasteiger partial charge < -0.3 is 14.2 Å². The van der Waals surface area contributed by atoms with Crippen LogP contribution >= 0.6 is 0 Å². The van der Waals surface area contributed by atoms with Crippen LogP contribution in [0, 0.1) is 0 Å². The lowest BCUT2D eigenvalue weighted by atomic mass is 10.0. The van der Waals surface area contributed by atoms with Crippen LogP contribution in [-0.2, 0) is 28.6 Å². The van der Waals surface area contributed by atoms with Crippen molar-refractivity contribution in [3.63, 3.8) is 0 Å². The van der Waals surface area contributed by atoms with E-state index in [2.05, 4.69) is 81.5 Å². The number of unbranched alkanes of at least 4 members (excludes halogenated alkanes) is 41. The third-order valence-corrected chi connectivity index (χ3v) is 15.0. The van der Waals surface area contributed by atoms with E-state index in [-0.39, 0.29) is 31.1 Å². The van der Waals surface area contributed by atoms with Crippen LogP contribution in [0.1, 0.15) is 355 Å². The van der Waals surface area contributed by atoms with Gasteiger partial charge in [-0.15, -0.1) is 0 Å². The molecule has 0 heterocycles. The lowest BCUT2D eigenvalue weighted by Gasteiger charge is -2.18. The van der Waals surface area contributed by atoms with E-state index in [1.54, 1.807) is 0 Å². The largest absolute Gasteiger partial charge is 0.462 e. The van der Waals surface area contributed by atoms with E-state index in [0.29, 0.717) is 19.3 Å². The van der Waals surface area contributed by atoms with Gasteiger partial charge in [0.15, 0.2) is 6.10 Å². The van der Waals surface area contributed by atoms with Crippen molar-refractivity contribution in [3.05, 3.63) is 60.8 Å². The van der Waals surface area contributed by atoms with Gasteiger partial charge in [-0.3, -0.25) is 14.4 Å². The molecule has 0 radical (unpaired) electrons. The standard InChI is InChI=1S/C71H128O6/c1-4-7-10-13-16-19-21-23-25-27-28-29-30-31-32-33-34-35-36-37-38-39-40-41-42-43-44-45-47-48-50-52-55-58-61-64-70(73)76-67-68(66-75-69(72)63-60-57-54-18-15-12-9-6-3)77-71(74)65-62-59-56-53-51-49-46-26-24-22-20-17-14-11-8-5-2/h7,10,16,19,23,25,28-29,31-32,68H,4-6,8-9,11-15,17-18,20-22,24,26-27,30,33-67H2,1-3H3/b10-7-,19-16-,25-23-,29-28-,32-31-. The normalized spacial score (nSPS) is 12.4.